The molecule has 0 spiro atoms. The maximum absolute atomic E-state index is 12.3. The van der Waals surface area contributed by atoms with Gasteiger partial charge in [-0.25, -0.2) is 0 Å². The molecule has 1 rings (SSSR count). The summed E-state index contributed by atoms with van der Waals surface area (Å²) in [7, 11) is -3.58. The first-order valence-corrected chi connectivity index (χ1v) is 8.33. The number of aliphatic carboxylic acids is 1. The second kappa shape index (κ2) is 7.21. The molecule has 1 aliphatic rings. The number of carboxylic acids is 1. The average Bonchev–Trinajstić information content (AvgIpc) is 3.10. The fourth-order valence-corrected chi connectivity index (χ4v) is 3.76. The molecule has 0 aromatic carbocycles. The lowest BCUT2D eigenvalue weighted by Crippen LogP contribution is -2.47. The Morgan fingerprint density at radius 2 is 1.84 bits per heavy atom. The van der Waals surface area contributed by atoms with Crippen LogP contribution in [0.25, 0.3) is 0 Å². The molecule has 0 amide bonds. The SMILES string of the molecule is CCCN(CCC)S(=O)(=O)NC(CC(=O)O)C1CC1. The third-order valence-electron chi connectivity index (χ3n) is 3.17. The lowest BCUT2D eigenvalue weighted by molar-refractivity contribution is -0.137. The number of nitrogens with zero attached hydrogens (tertiary/aromatic N) is 1. The molecule has 0 saturated heterocycles. The van der Waals surface area contributed by atoms with Crippen LogP contribution < -0.4 is 4.72 Å². The van der Waals surface area contributed by atoms with Gasteiger partial charge in [0.05, 0.1) is 6.42 Å². The summed E-state index contributed by atoms with van der Waals surface area (Å²) >= 11 is 0. The van der Waals surface area contributed by atoms with Crippen molar-refractivity contribution in [3.63, 3.8) is 0 Å². The van der Waals surface area contributed by atoms with E-state index < -0.39 is 22.2 Å². The lowest BCUT2D eigenvalue weighted by atomic mass is 10.1. The Kier molecular flexibility index (Phi) is 6.22. The Bertz CT molecular complexity index is 387. The highest BCUT2D eigenvalue weighted by Gasteiger charge is 2.36. The predicted molar refractivity (Wildman–Crippen MR) is 73.0 cm³/mol. The molecule has 1 unspecified atom stereocenters. The molecule has 112 valence electrons. The summed E-state index contributed by atoms with van der Waals surface area (Å²) in [6.07, 6.45) is 3.15. The van der Waals surface area contributed by atoms with E-state index >= 15 is 0 Å². The smallest absolute Gasteiger partial charge is 0.304 e. The van der Waals surface area contributed by atoms with E-state index in [2.05, 4.69) is 4.72 Å². The van der Waals surface area contributed by atoms with E-state index in [1.807, 2.05) is 13.8 Å². The second-order valence-corrected chi connectivity index (χ2v) is 6.77. The van der Waals surface area contributed by atoms with Crippen molar-refractivity contribution >= 4 is 16.2 Å². The Labute approximate surface area is 115 Å². The summed E-state index contributed by atoms with van der Waals surface area (Å²) in [5.41, 5.74) is 0. The molecular weight excluding hydrogens is 268 g/mol. The second-order valence-electron chi connectivity index (χ2n) is 5.06. The summed E-state index contributed by atoms with van der Waals surface area (Å²) in [4.78, 5) is 10.8. The van der Waals surface area contributed by atoms with Gasteiger partial charge in [0, 0.05) is 19.1 Å². The van der Waals surface area contributed by atoms with Gasteiger partial charge >= 0.3 is 5.97 Å². The maximum Gasteiger partial charge on any atom is 0.304 e. The molecule has 6 nitrogen and oxygen atoms in total. The summed E-state index contributed by atoms with van der Waals surface area (Å²) in [6.45, 7) is 4.78. The molecule has 1 fully saturated rings. The van der Waals surface area contributed by atoms with Crippen molar-refractivity contribution in [3.05, 3.63) is 0 Å². The van der Waals surface area contributed by atoms with Crippen LogP contribution in [0, 0.1) is 5.92 Å². The Balaban J connectivity index is 2.70. The van der Waals surface area contributed by atoms with Gasteiger partial charge in [-0.1, -0.05) is 13.8 Å². The molecule has 1 saturated carbocycles. The average molecular weight is 292 g/mol. The normalized spacial score (nSPS) is 17.6. The zero-order valence-corrected chi connectivity index (χ0v) is 12.4. The van der Waals surface area contributed by atoms with Crippen LogP contribution in [0.15, 0.2) is 0 Å². The van der Waals surface area contributed by atoms with E-state index in [-0.39, 0.29) is 12.3 Å². The van der Waals surface area contributed by atoms with Crippen LogP contribution >= 0.6 is 0 Å². The van der Waals surface area contributed by atoms with Gasteiger partial charge in [0.25, 0.3) is 10.2 Å². The number of carboxylic acid groups (broad SMARTS) is 1. The van der Waals surface area contributed by atoms with Crippen LogP contribution in [0.1, 0.15) is 46.0 Å². The van der Waals surface area contributed by atoms with Crippen LogP contribution in [0.3, 0.4) is 0 Å². The monoisotopic (exact) mass is 292 g/mol. The predicted octanol–water partition coefficient (Wildman–Crippen LogP) is 1.20. The first-order valence-electron chi connectivity index (χ1n) is 6.89. The van der Waals surface area contributed by atoms with Crippen LogP contribution in [0.5, 0.6) is 0 Å². The highest BCUT2D eigenvalue weighted by Crippen LogP contribution is 2.34. The minimum atomic E-state index is -3.58. The summed E-state index contributed by atoms with van der Waals surface area (Å²) < 4.78 is 28.5. The summed E-state index contributed by atoms with van der Waals surface area (Å²) in [6, 6.07) is -0.473. The molecule has 0 bridgehead atoms. The van der Waals surface area contributed by atoms with Gasteiger partial charge in [0.15, 0.2) is 0 Å². The first-order chi connectivity index (χ1) is 8.90. The van der Waals surface area contributed by atoms with Crippen LogP contribution in [-0.4, -0.2) is 42.9 Å². The molecule has 0 heterocycles. The third kappa shape index (κ3) is 5.46. The van der Waals surface area contributed by atoms with Crippen molar-refractivity contribution in [3.8, 4) is 0 Å². The van der Waals surface area contributed by atoms with Gasteiger partial charge in [-0.05, 0) is 31.6 Å². The van der Waals surface area contributed by atoms with Crippen molar-refractivity contribution < 1.29 is 18.3 Å². The van der Waals surface area contributed by atoms with Gasteiger partial charge in [0.1, 0.15) is 0 Å². The van der Waals surface area contributed by atoms with E-state index in [1.165, 1.54) is 4.31 Å². The summed E-state index contributed by atoms with van der Waals surface area (Å²) in [5, 5.41) is 8.85. The molecule has 1 aliphatic carbocycles. The molecular formula is C12H24N2O4S. The van der Waals surface area contributed by atoms with E-state index in [1.54, 1.807) is 0 Å². The zero-order chi connectivity index (χ0) is 14.5. The number of hydrogen-bond donors (Lipinski definition) is 2. The molecule has 0 aromatic rings. The zero-order valence-electron chi connectivity index (χ0n) is 11.6. The van der Waals surface area contributed by atoms with E-state index in [0.717, 1.165) is 25.7 Å². The lowest BCUT2D eigenvalue weighted by Gasteiger charge is -2.24. The van der Waals surface area contributed by atoms with E-state index in [0.29, 0.717) is 13.1 Å². The molecule has 2 N–H and O–H groups in total. The Hall–Kier alpha value is -0.660. The molecule has 0 aromatic heterocycles. The summed E-state index contributed by atoms with van der Waals surface area (Å²) in [5.74, 6) is -0.784. The van der Waals surface area contributed by atoms with Gasteiger partial charge in [-0.2, -0.15) is 17.4 Å². The molecule has 0 aliphatic heterocycles. The number of rotatable bonds is 10. The van der Waals surface area contributed by atoms with Crippen LogP contribution in [0.2, 0.25) is 0 Å². The fraction of sp³-hybridized carbons (Fsp3) is 0.917. The maximum atomic E-state index is 12.3. The fourth-order valence-electron chi connectivity index (χ4n) is 2.11. The Morgan fingerprint density at radius 3 is 2.21 bits per heavy atom. The van der Waals surface area contributed by atoms with Gasteiger partial charge in [0.2, 0.25) is 0 Å². The molecule has 7 heteroatoms. The van der Waals surface area contributed by atoms with Crippen molar-refractivity contribution in [2.24, 2.45) is 5.92 Å². The van der Waals surface area contributed by atoms with E-state index in [4.69, 9.17) is 5.11 Å². The highest BCUT2D eigenvalue weighted by molar-refractivity contribution is 7.87. The van der Waals surface area contributed by atoms with Crippen LogP contribution in [-0.2, 0) is 15.0 Å². The van der Waals surface area contributed by atoms with Crippen LogP contribution in [0.4, 0.5) is 0 Å². The third-order valence-corrected chi connectivity index (χ3v) is 4.82. The standard InChI is InChI=1S/C12H24N2O4S/c1-3-7-14(8-4-2)19(17,18)13-11(9-12(15)16)10-5-6-10/h10-11,13H,3-9H2,1-2H3,(H,15,16). The van der Waals surface area contributed by atoms with Crippen molar-refractivity contribution in [2.75, 3.05) is 13.1 Å². The number of carbonyl (C=O) groups is 1. The van der Waals surface area contributed by atoms with E-state index in [9.17, 15) is 13.2 Å². The topological polar surface area (TPSA) is 86.7 Å². The molecule has 19 heavy (non-hydrogen) atoms. The van der Waals surface area contributed by atoms with Crippen molar-refractivity contribution in [1.82, 2.24) is 9.03 Å². The molecule has 0 radical (unpaired) electrons. The van der Waals surface area contributed by atoms with Crippen molar-refractivity contribution in [1.29, 1.82) is 0 Å². The van der Waals surface area contributed by atoms with Gasteiger partial charge < -0.3 is 5.11 Å². The first kappa shape index (κ1) is 16.4. The van der Waals surface area contributed by atoms with Crippen molar-refractivity contribution in [2.45, 2.75) is 52.0 Å². The minimum Gasteiger partial charge on any atom is -0.481 e. The highest BCUT2D eigenvalue weighted by atomic mass is 32.2. The Morgan fingerprint density at radius 1 is 1.32 bits per heavy atom. The minimum absolute atomic E-state index is 0.143. The largest absolute Gasteiger partial charge is 0.481 e. The number of nitrogens with one attached hydrogen (secondary N) is 1. The van der Waals surface area contributed by atoms with Gasteiger partial charge in [-0.15, -0.1) is 0 Å². The number of hydrogen-bond acceptors (Lipinski definition) is 3. The quantitative estimate of drug-likeness (QED) is 0.633. The van der Waals surface area contributed by atoms with Gasteiger partial charge in [-0.3, -0.25) is 4.79 Å². The molecule has 1 atom stereocenters.